The quantitative estimate of drug-likeness (QED) is 0.674. The van der Waals surface area contributed by atoms with Crippen LogP contribution in [-0.4, -0.2) is 29.8 Å². The molecule has 1 aromatic rings. The monoisotopic (exact) mass is 378 g/mol. The normalized spacial score (nSPS) is 32.1. The number of fused-ring (bicyclic) bond motifs is 3. The molecule has 0 aromatic heterocycles. The van der Waals surface area contributed by atoms with Gasteiger partial charge >= 0.3 is 0 Å². The van der Waals surface area contributed by atoms with Crippen LogP contribution in [0.4, 0.5) is 0 Å². The van der Waals surface area contributed by atoms with Crippen molar-refractivity contribution in [2.75, 3.05) is 25.7 Å². The highest BCUT2D eigenvalue weighted by molar-refractivity contribution is 8.21. The predicted molar refractivity (Wildman–Crippen MR) is 109 cm³/mol. The molecule has 1 heterocycles. The van der Waals surface area contributed by atoms with Crippen LogP contribution < -0.4 is 9.47 Å². The molecule has 2 atom stereocenters. The summed E-state index contributed by atoms with van der Waals surface area (Å²) in [5, 5.41) is 0. The van der Waals surface area contributed by atoms with Gasteiger partial charge in [-0.15, -0.1) is 23.5 Å². The number of rotatable bonds is 2. The van der Waals surface area contributed by atoms with Crippen LogP contribution in [-0.2, 0) is 11.8 Å². The van der Waals surface area contributed by atoms with Gasteiger partial charge in [-0.05, 0) is 65.7 Å². The Morgan fingerprint density at radius 2 is 1.60 bits per heavy atom. The molecule has 1 aliphatic heterocycles. The van der Waals surface area contributed by atoms with Gasteiger partial charge in [-0.25, -0.2) is 0 Å². The van der Waals surface area contributed by atoms with Crippen LogP contribution in [0.5, 0.6) is 11.5 Å². The Hall–Kier alpha value is -0.480. The maximum Gasteiger partial charge on any atom is 0.161 e. The number of ether oxygens (including phenoxy) is 2. The Labute approximate surface area is 160 Å². The van der Waals surface area contributed by atoms with Crippen molar-refractivity contribution in [3.05, 3.63) is 23.3 Å². The fourth-order valence-electron chi connectivity index (χ4n) is 5.91. The minimum absolute atomic E-state index is 0.242. The Balaban J connectivity index is 1.80. The van der Waals surface area contributed by atoms with E-state index >= 15 is 0 Å². The van der Waals surface area contributed by atoms with Crippen molar-refractivity contribution in [3.8, 4) is 11.5 Å². The summed E-state index contributed by atoms with van der Waals surface area (Å²) in [6.45, 7) is 7.61. The van der Waals surface area contributed by atoms with E-state index in [-0.39, 0.29) is 5.41 Å². The first-order valence-corrected chi connectivity index (χ1v) is 11.4. The fourth-order valence-corrected chi connectivity index (χ4v) is 9.60. The molecule has 138 valence electrons. The lowest BCUT2D eigenvalue weighted by molar-refractivity contribution is 0.0368. The van der Waals surface area contributed by atoms with E-state index in [0.717, 1.165) is 23.8 Å². The minimum Gasteiger partial charge on any atom is -0.493 e. The van der Waals surface area contributed by atoms with Gasteiger partial charge in [0.15, 0.2) is 11.5 Å². The second kappa shape index (κ2) is 6.02. The van der Waals surface area contributed by atoms with Crippen molar-refractivity contribution in [2.24, 2.45) is 11.3 Å². The standard InChI is InChI=1S/C21H30O2S2/c1-19(2)18-7-6-14-12-16(22-4)17(23-5)13-15(14)20(18,3)8-9-21(19)24-10-11-25-21/h12-13,18H,6-11H2,1-5H3/t18-,20+/m0/s1. The van der Waals surface area contributed by atoms with Crippen LogP contribution >= 0.6 is 23.5 Å². The van der Waals surface area contributed by atoms with Crippen molar-refractivity contribution in [2.45, 2.75) is 55.9 Å². The Morgan fingerprint density at radius 1 is 0.960 bits per heavy atom. The van der Waals surface area contributed by atoms with Gasteiger partial charge in [0.05, 0.1) is 18.3 Å². The van der Waals surface area contributed by atoms with Crippen molar-refractivity contribution in [1.29, 1.82) is 0 Å². The number of benzene rings is 1. The van der Waals surface area contributed by atoms with Crippen molar-refractivity contribution in [3.63, 3.8) is 0 Å². The zero-order valence-electron chi connectivity index (χ0n) is 16.1. The highest BCUT2D eigenvalue weighted by atomic mass is 32.2. The first-order chi connectivity index (χ1) is 11.9. The van der Waals surface area contributed by atoms with Crippen LogP contribution in [0, 0.1) is 11.3 Å². The van der Waals surface area contributed by atoms with Crippen LogP contribution in [0.25, 0.3) is 0 Å². The van der Waals surface area contributed by atoms with Crippen molar-refractivity contribution < 1.29 is 9.47 Å². The maximum atomic E-state index is 5.64. The summed E-state index contributed by atoms with van der Waals surface area (Å²) in [6, 6.07) is 4.51. The van der Waals surface area contributed by atoms with E-state index in [9.17, 15) is 0 Å². The minimum atomic E-state index is 0.242. The molecule has 2 fully saturated rings. The maximum absolute atomic E-state index is 5.64. The van der Waals surface area contributed by atoms with Gasteiger partial charge in [0, 0.05) is 11.5 Å². The molecule has 25 heavy (non-hydrogen) atoms. The highest BCUT2D eigenvalue weighted by Crippen LogP contribution is 2.69. The summed E-state index contributed by atoms with van der Waals surface area (Å²) < 4.78 is 11.6. The third-order valence-corrected chi connectivity index (χ3v) is 11.5. The van der Waals surface area contributed by atoms with E-state index < -0.39 is 0 Å². The van der Waals surface area contributed by atoms with Gasteiger partial charge in [0.2, 0.25) is 0 Å². The molecule has 4 rings (SSSR count). The Bertz CT molecular complexity index is 679. The molecular weight excluding hydrogens is 348 g/mol. The average molecular weight is 379 g/mol. The van der Waals surface area contributed by atoms with E-state index in [1.165, 1.54) is 41.9 Å². The molecule has 0 bridgehead atoms. The fraction of sp³-hybridized carbons (Fsp3) is 0.714. The number of hydrogen-bond donors (Lipinski definition) is 0. The lowest BCUT2D eigenvalue weighted by Crippen LogP contribution is -2.57. The number of aryl methyl sites for hydroxylation is 1. The molecule has 0 N–H and O–H groups in total. The molecular formula is C21H30O2S2. The molecule has 2 aliphatic carbocycles. The largest absolute Gasteiger partial charge is 0.493 e. The second-order valence-corrected chi connectivity index (χ2v) is 11.6. The lowest BCUT2D eigenvalue weighted by atomic mass is 9.50. The lowest BCUT2D eigenvalue weighted by Gasteiger charge is -2.61. The summed E-state index contributed by atoms with van der Waals surface area (Å²) in [5.74, 6) is 5.11. The molecule has 2 nitrogen and oxygen atoms in total. The van der Waals surface area contributed by atoms with Gasteiger partial charge in [-0.3, -0.25) is 0 Å². The zero-order valence-corrected chi connectivity index (χ0v) is 17.7. The summed E-state index contributed by atoms with van der Waals surface area (Å²) >= 11 is 4.48. The van der Waals surface area contributed by atoms with Gasteiger partial charge in [0.25, 0.3) is 0 Å². The number of methoxy groups -OCH3 is 2. The van der Waals surface area contributed by atoms with E-state index in [1.54, 1.807) is 14.2 Å². The summed E-state index contributed by atoms with van der Waals surface area (Å²) in [6.07, 6.45) is 5.04. The number of thioether (sulfide) groups is 2. The van der Waals surface area contributed by atoms with Crippen LogP contribution in [0.15, 0.2) is 12.1 Å². The van der Waals surface area contributed by atoms with Gasteiger partial charge < -0.3 is 9.47 Å². The first-order valence-electron chi connectivity index (χ1n) is 9.41. The van der Waals surface area contributed by atoms with Gasteiger partial charge in [-0.2, -0.15) is 0 Å². The van der Waals surface area contributed by atoms with Crippen LogP contribution in [0.2, 0.25) is 0 Å². The van der Waals surface area contributed by atoms with Gasteiger partial charge in [0.1, 0.15) is 0 Å². The van der Waals surface area contributed by atoms with Crippen LogP contribution in [0.3, 0.4) is 0 Å². The molecule has 0 radical (unpaired) electrons. The molecule has 4 heteroatoms. The summed E-state index contributed by atoms with van der Waals surface area (Å²) in [4.78, 5) is 0. The predicted octanol–water partition coefficient (Wildman–Crippen LogP) is 5.52. The molecule has 1 spiro atoms. The highest BCUT2D eigenvalue weighted by Gasteiger charge is 2.61. The molecule has 1 aromatic carbocycles. The summed E-state index contributed by atoms with van der Waals surface area (Å²) in [7, 11) is 3.48. The van der Waals surface area contributed by atoms with Gasteiger partial charge in [-0.1, -0.05) is 20.8 Å². The number of hydrogen-bond acceptors (Lipinski definition) is 4. The topological polar surface area (TPSA) is 18.5 Å². The average Bonchev–Trinajstić information content (AvgIpc) is 3.08. The molecule has 1 saturated carbocycles. The molecule has 3 aliphatic rings. The third-order valence-electron chi connectivity index (χ3n) is 7.28. The van der Waals surface area contributed by atoms with E-state index in [4.69, 9.17) is 9.47 Å². The van der Waals surface area contributed by atoms with E-state index in [0.29, 0.717) is 9.49 Å². The smallest absolute Gasteiger partial charge is 0.161 e. The van der Waals surface area contributed by atoms with Crippen LogP contribution in [0.1, 0.15) is 51.2 Å². The zero-order chi connectivity index (χ0) is 17.9. The van der Waals surface area contributed by atoms with Crippen molar-refractivity contribution in [1.82, 2.24) is 0 Å². The van der Waals surface area contributed by atoms with E-state index in [1.807, 2.05) is 0 Å². The van der Waals surface area contributed by atoms with E-state index in [2.05, 4.69) is 56.4 Å². The Kier molecular flexibility index (Phi) is 4.31. The SMILES string of the molecule is COc1cc2c(cc1OC)[C@@]1(C)CCC3(SCCS3)C(C)(C)[C@@H]1CC2. The third kappa shape index (κ3) is 2.39. The summed E-state index contributed by atoms with van der Waals surface area (Å²) in [5.41, 5.74) is 3.56. The second-order valence-electron chi connectivity index (χ2n) is 8.54. The molecule has 0 amide bonds. The molecule has 0 unspecified atom stereocenters. The Morgan fingerprint density at radius 3 is 2.24 bits per heavy atom. The first kappa shape index (κ1) is 17.9. The molecule has 1 saturated heterocycles. The van der Waals surface area contributed by atoms with Crippen molar-refractivity contribution >= 4 is 23.5 Å².